The summed E-state index contributed by atoms with van der Waals surface area (Å²) >= 11 is 3.17. The molecule has 0 radical (unpaired) electrons. The van der Waals surface area contributed by atoms with Crippen LogP contribution < -0.4 is 5.73 Å². The molecule has 4 nitrogen and oxygen atoms in total. The van der Waals surface area contributed by atoms with Crippen molar-refractivity contribution in [2.75, 3.05) is 11.5 Å². The van der Waals surface area contributed by atoms with E-state index in [-0.39, 0.29) is 16.6 Å². The van der Waals surface area contributed by atoms with Gasteiger partial charge in [0.25, 0.3) is 0 Å². The zero-order valence-corrected chi connectivity index (χ0v) is 12.1. The molecule has 0 saturated carbocycles. The molecule has 17 heavy (non-hydrogen) atoms. The van der Waals surface area contributed by atoms with Crippen LogP contribution in [0.15, 0.2) is 27.6 Å². The molecule has 0 aliphatic carbocycles. The number of halogens is 1. The highest BCUT2D eigenvalue weighted by atomic mass is 79.9. The molecule has 0 aliphatic heterocycles. The minimum atomic E-state index is -3.50. The third kappa shape index (κ3) is 3.69. The molecule has 1 unspecified atom stereocenters. The zero-order valence-electron chi connectivity index (χ0n) is 9.72. The summed E-state index contributed by atoms with van der Waals surface area (Å²) in [7, 11) is -3.50. The maximum atomic E-state index is 12.0. The minimum Gasteiger partial charge on any atom is -0.399 e. The molecule has 0 aromatic heterocycles. The predicted molar refractivity (Wildman–Crippen MR) is 71.5 cm³/mol. The van der Waals surface area contributed by atoms with Gasteiger partial charge in [-0.15, -0.1) is 0 Å². The van der Waals surface area contributed by atoms with Gasteiger partial charge >= 0.3 is 0 Å². The average Bonchev–Trinajstić information content (AvgIpc) is 2.15. The van der Waals surface area contributed by atoms with Crippen LogP contribution in [0.5, 0.6) is 0 Å². The molecule has 96 valence electrons. The first-order valence-electron chi connectivity index (χ1n) is 5.20. The Bertz CT molecular complexity index is 499. The van der Waals surface area contributed by atoms with Crippen LogP contribution in [0.4, 0.5) is 5.69 Å². The molecule has 0 heterocycles. The number of benzene rings is 1. The first kappa shape index (κ1) is 14.5. The van der Waals surface area contributed by atoms with E-state index >= 15 is 0 Å². The second-order valence-corrected chi connectivity index (χ2v) is 7.14. The van der Waals surface area contributed by atoms with Crippen LogP contribution in [-0.4, -0.2) is 25.4 Å². The van der Waals surface area contributed by atoms with Gasteiger partial charge in [0.1, 0.15) is 0 Å². The van der Waals surface area contributed by atoms with Crippen LogP contribution in [0.1, 0.15) is 13.8 Å². The number of anilines is 1. The Kier molecular flexibility index (Phi) is 4.57. The summed E-state index contributed by atoms with van der Waals surface area (Å²) < 4.78 is 24.5. The van der Waals surface area contributed by atoms with Crippen molar-refractivity contribution in [3.8, 4) is 0 Å². The maximum absolute atomic E-state index is 12.0. The van der Waals surface area contributed by atoms with E-state index < -0.39 is 15.9 Å². The van der Waals surface area contributed by atoms with Gasteiger partial charge in [-0.3, -0.25) is 0 Å². The summed E-state index contributed by atoms with van der Waals surface area (Å²) in [5.74, 6) is -0.384. The number of aliphatic hydroxyl groups is 1. The van der Waals surface area contributed by atoms with E-state index in [4.69, 9.17) is 5.73 Å². The second-order valence-electron chi connectivity index (χ2n) is 4.28. The van der Waals surface area contributed by atoms with Crippen molar-refractivity contribution in [3.63, 3.8) is 0 Å². The Balaban J connectivity index is 3.06. The molecule has 0 saturated heterocycles. The fraction of sp³-hybridized carbons (Fsp3) is 0.455. The molecule has 0 spiro atoms. The Morgan fingerprint density at radius 1 is 1.41 bits per heavy atom. The summed E-state index contributed by atoms with van der Waals surface area (Å²) in [5, 5.41) is 9.65. The second kappa shape index (κ2) is 5.37. The van der Waals surface area contributed by atoms with Gasteiger partial charge in [0.2, 0.25) is 0 Å². The molecular formula is C11H16BrNO3S. The number of rotatable bonds is 4. The molecule has 3 N–H and O–H groups in total. The molecule has 0 amide bonds. The van der Waals surface area contributed by atoms with Crippen molar-refractivity contribution < 1.29 is 13.5 Å². The number of sulfone groups is 1. The molecule has 0 bridgehead atoms. The molecule has 0 aliphatic rings. The van der Waals surface area contributed by atoms with E-state index in [1.54, 1.807) is 13.8 Å². The van der Waals surface area contributed by atoms with Gasteiger partial charge in [-0.2, -0.15) is 0 Å². The summed E-state index contributed by atoms with van der Waals surface area (Å²) in [6, 6.07) is 4.51. The SMILES string of the molecule is CC(C)C(O)CS(=O)(=O)c1ccc(N)cc1Br. The van der Waals surface area contributed by atoms with Crippen LogP contribution in [0, 0.1) is 5.92 Å². The van der Waals surface area contributed by atoms with E-state index in [2.05, 4.69) is 15.9 Å². The first-order chi connectivity index (χ1) is 7.74. The van der Waals surface area contributed by atoms with Crippen LogP contribution >= 0.6 is 15.9 Å². The van der Waals surface area contributed by atoms with Crippen molar-refractivity contribution in [2.24, 2.45) is 5.92 Å². The topological polar surface area (TPSA) is 80.4 Å². The van der Waals surface area contributed by atoms with Crippen molar-refractivity contribution in [2.45, 2.75) is 24.8 Å². The Labute approximate surface area is 110 Å². The fourth-order valence-corrected chi connectivity index (χ4v) is 4.06. The number of hydrogen-bond acceptors (Lipinski definition) is 4. The lowest BCUT2D eigenvalue weighted by Crippen LogP contribution is -2.26. The molecule has 1 aromatic rings. The maximum Gasteiger partial charge on any atom is 0.182 e. The Morgan fingerprint density at radius 3 is 2.47 bits per heavy atom. The van der Waals surface area contributed by atoms with Crippen LogP contribution in [0.2, 0.25) is 0 Å². The molecule has 1 atom stereocenters. The van der Waals surface area contributed by atoms with Gasteiger partial charge in [-0.1, -0.05) is 13.8 Å². The summed E-state index contributed by atoms with van der Waals surface area (Å²) in [5.41, 5.74) is 6.03. The molecule has 1 aromatic carbocycles. The lowest BCUT2D eigenvalue weighted by atomic mass is 10.1. The quantitative estimate of drug-likeness (QED) is 0.829. The van der Waals surface area contributed by atoms with E-state index in [0.29, 0.717) is 10.2 Å². The van der Waals surface area contributed by atoms with E-state index in [1.807, 2.05) is 0 Å². The Hall–Kier alpha value is -0.590. The van der Waals surface area contributed by atoms with Gasteiger partial charge in [0.15, 0.2) is 9.84 Å². The average molecular weight is 322 g/mol. The van der Waals surface area contributed by atoms with Crippen LogP contribution in [0.3, 0.4) is 0 Å². The van der Waals surface area contributed by atoms with Gasteiger partial charge in [-0.25, -0.2) is 8.42 Å². The van der Waals surface area contributed by atoms with Crippen molar-refractivity contribution in [1.29, 1.82) is 0 Å². The summed E-state index contributed by atoms with van der Waals surface area (Å²) in [4.78, 5) is 0.159. The normalized spacial score (nSPS) is 13.9. The first-order valence-corrected chi connectivity index (χ1v) is 7.64. The summed E-state index contributed by atoms with van der Waals surface area (Å²) in [6.45, 7) is 3.55. The summed E-state index contributed by atoms with van der Waals surface area (Å²) in [6.07, 6.45) is -0.871. The third-order valence-corrected chi connectivity index (χ3v) is 5.18. The van der Waals surface area contributed by atoms with Crippen LogP contribution in [0.25, 0.3) is 0 Å². The van der Waals surface area contributed by atoms with Gasteiger partial charge in [0, 0.05) is 10.2 Å². The number of aliphatic hydroxyl groups excluding tert-OH is 1. The monoisotopic (exact) mass is 321 g/mol. The lowest BCUT2D eigenvalue weighted by molar-refractivity contribution is 0.147. The number of nitrogen functional groups attached to an aromatic ring is 1. The molecule has 1 rings (SSSR count). The van der Waals surface area contributed by atoms with Crippen molar-refractivity contribution in [3.05, 3.63) is 22.7 Å². The Morgan fingerprint density at radius 2 is 2.00 bits per heavy atom. The zero-order chi connectivity index (χ0) is 13.2. The molecule has 0 fully saturated rings. The van der Waals surface area contributed by atoms with Crippen molar-refractivity contribution in [1.82, 2.24) is 0 Å². The van der Waals surface area contributed by atoms with Gasteiger partial charge in [0.05, 0.1) is 16.8 Å². The van der Waals surface area contributed by atoms with Gasteiger partial charge in [-0.05, 0) is 40.0 Å². The van der Waals surface area contributed by atoms with Crippen LogP contribution in [-0.2, 0) is 9.84 Å². The molecular weight excluding hydrogens is 306 g/mol. The van der Waals surface area contributed by atoms with E-state index in [9.17, 15) is 13.5 Å². The van der Waals surface area contributed by atoms with E-state index in [1.165, 1.54) is 18.2 Å². The number of hydrogen-bond donors (Lipinski definition) is 2. The highest BCUT2D eigenvalue weighted by Gasteiger charge is 2.23. The largest absolute Gasteiger partial charge is 0.399 e. The third-order valence-electron chi connectivity index (χ3n) is 2.45. The predicted octanol–water partition coefficient (Wildman–Crippen LogP) is 1.82. The highest BCUT2D eigenvalue weighted by molar-refractivity contribution is 9.10. The molecule has 6 heteroatoms. The van der Waals surface area contributed by atoms with E-state index in [0.717, 1.165) is 0 Å². The minimum absolute atomic E-state index is 0.0997. The van der Waals surface area contributed by atoms with Gasteiger partial charge < -0.3 is 10.8 Å². The number of nitrogens with two attached hydrogens (primary N) is 1. The fourth-order valence-electron chi connectivity index (χ4n) is 1.28. The highest BCUT2D eigenvalue weighted by Crippen LogP contribution is 2.26. The van der Waals surface area contributed by atoms with Crippen molar-refractivity contribution >= 4 is 31.5 Å². The standard InChI is InChI=1S/C11H16BrNO3S/c1-7(2)10(14)6-17(15,16)11-4-3-8(13)5-9(11)12/h3-5,7,10,14H,6,13H2,1-2H3. The smallest absolute Gasteiger partial charge is 0.182 e. The lowest BCUT2D eigenvalue weighted by Gasteiger charge is -2.15.